The minimum atomic E-state index is -4.16. The number of rotatable bonds is 4. The summed E-state index contributed by atoms with van der Waals surface area (Å²) in [6.45, 7) is 0.549. The molecule has 3 aromatic heterocycles. The van der Waals surface area contributed by atoms with E-state index in [9.17, 15) is 18.0 Å². The fraction of sp³-hybridized carbons (Fsp3) is 0.400. The quantitative estimate of drug-likeness (QED) is 0.704. The number of nitrogens with one attached hydrogen (secondary N) is 1. The molecule has 0 unspecified atom stereocenters. The zero-order valence-corrected chi connectivity index (χ0v) is 16.4. The van der Waals surface area contributed by atoms with Gasteiger partial charge in [0.1, 0.15) is 5.82 Å². The Morgan fingerprint density at radius 2 is 1.87 bits per heavy atom. The van der Waals surface area contributed by atoms with Crippen LogP contribution in [0.15, 0.2) is 36.9 Å². The molecule has 1 N–H and O–H groups in total. The molecule has 4 heterocycles. The molecule has 10 heteroatoms. The highest BCUT2D eigenvalue weighted by Crippen LogP contribution is 2.34. The van der Waals surface area contributed by atoms with E-state index in [1.807, 2.05) is 19.3 Å². The average Bonchev–Trinajstić information content (AvgIpc) is 3.13. The Labute approximate surface area is 170 Å². The van der Waals surface area contributed by atoms with Gasteiger partial charge in [-0.2, -0.15) is 18.3 Å². The average molecular weight is 418 g/mol. The molecule has 158 valence electrons. The van der Waals surface area contributed by atoms with Crippen molar-refractivity contribution in [3.05, 3.63) is 36.9 Å². The van der Waals surface area contributed by atoms with Gasteiger partial charge < -0.3 is 5.32 Å². The largest absolute Gasteiger partial charge is 0.391 e. The molecule has 1 saturated heterocycles. The maximum Gasteiger partial charge on any atom is 0.391 e. The monoisotopic (exact) mass is 418 g/mol. The number of halogens is 3. The lowest BCUT2D eigenvalue weighted by atomic mass is 9.96. The van der Waals surface area contributed by atoms with E-state index in [2.05, 4.69) is 20.4 Å². The number of piperidine rings is 1. The van der Waals surface area contributed by atoms with E-state index in [1.165, 1.54) is 0 Å². The molecule has 0 radical (unpaired) electrons. The summed E-state index contributed by atoms with van der Waals surface area (Å²) < 4.78 is 40.0. The molecule has 30 heavy (non-hydrogen) atoms. The zero-order valence-electron chi connectivity index (χ0n) is 16.4. The predicted octanol–water partition coefficient (Wildman–Crippen LogP) is 3.24. The van der Waals surface area contributed by atoms with Crippen LogP contribution in [-0.2, 0) is 11.8 Å². The van der Waals surface area contributed by atoms with Crippen LogP contribution in [0.25, 0.3) is 22.0 Å². The van der Waals surface area contributed by atoms with Gasteiger partial charge in [0.2, 0.25) is 5.91 Å². The molecular formula is C20H21F3N6O. The number of carbonyl (C=O) groups is 1. The summed E-state index contributed by atoms with van der Waals surface area (Å²) in [6.07, 6.45) is 2.80. The molecule has 1 fully saturated rings. The minimum Gasteiger partial charge on any atom is -0.310 e. The summed E-state index contributed by atoms with van der Waals surface area (Å²) in [4.78, 5) is 22.7. The number of alkyl halides is 3. The van der Waals surface area contributed by atoms with E-state index in [0.29, 0.717) is 5.82 Å². The third kappa shape index (κ3) is 4.59. The highest BCUT2D eigenvalue weighted by molar-refractivity contribution is 5.94. The minimum absolute atomic E-state index is 0.0229. The number of hydrogen-bond acceptors (Lipinski definition) is 5. The number of fused-ring (bicyclic) bond motifs is 1. The lowest BCUT2D eigenvalue weighted by Crippen LogP contribution is -2.42. The number of anilines is 1. The van der Waals surface area contributed by atoms with E-state index in [-0.39, 0.29) is 38.4 Å². The second-order valence-electron chi connectivity index (χ2n) is 7.53. The Kier molecular flexibility index (Phi) is 5.42. The zero-order chi connectivity index (χ0) is 21.3. The highest BCUT2D eigenvalue weighted by Gasteiger charge is 2.41. The third-order valence-corrected chi connectivity index (χ3v) is 5.29. The maximum atomic E-state index is 12.8. The fourth-order valence-corrected chi connectivity index (χ4v) is 3.62. The van der Waals surface area contributed by atoms with Crippen molar-refractivity contribution in [3.8, 4) is 11.3 Å². The summed E-state index contributed by atoms with van der Waals surface area (Å²) >= 11 is 0. The fourth-order valence-electron chi connectivity index (χ4n) is 3.62. The van der Waals surface area contributed by atoms with E-state index >= 15 is 0 Å². The first-order valence-corrected chi connectivity index (χ1v) is 9.62. The first-order chi connectivity index (χ1) is 14.3. The van der Waals surface area contributed by atoms with Crippen molar-refractivity contribution in [1.82, 2.24) is 24.6 Å². The Bertz CT molecular complexity index is 1060. The Balaban J connectivity index is 1.40. The van der Waals surface area contributed by atoms with Crippen LogP contribution in [0.3, 0.4) is 0 Å². The van der Waals surface area contributed by atoms with Gasteiger partial charge in [-0.1, -0.05) is 0 Å². The molecule has 0 spiro atoms. The van der Waals surface area contributed by atoms with Crippen LogP contribution >= 0.6 is 0 Å². The topological polar surface area (TPSA) is 75.9 Å². The van der Waals surface area contributed by atoms with Crippen LogP contribution in [0, 0.1) is 5.92 Å². The van der Waals surface area contributed by atoms with Crippen LogP contribution in [-0.4, -0.2) is 56.4 Å². The summed E-state index contributed by atoms with van der Waals surface area (Å²) in [6, 6.07) is 3.65. The van der Waals surface area contributed by atoms with E-state index in [0.717, 1.165) is 22.0 Å². The van der Waals surface area contributed by atoms with Gasteiger partial charge in [-0.15, -0.1) is 0 Å². The molecule has 4 rings (SSSR count). The van der Waals surface area contributed by atoms with E-state index < -0.39 is 12.1 Å². The van der Waals surface area contributed by atoms with E-state index in [1.54, 1.807) is 34.2 Å². The van der Waals surface area contributed by atoms with Gasteiger partial charge in [0, 0.05) is 36.6 Å². The number of nitrogens with zero attached hydrogens (tertiary/aromatic N) is 5. The number of hydrogen-bond donors (Lipinski definition) is 1. The Hall–Kier alpha value is -3.01. The molecule has 0 saturated carbocycles. The number of aryl methyl sites for hydroxylation is 1. The van der Waals surface area contributed by atoms with Crippen LogP contribution in [0.5, 0.6) is 0 Å². The maximum absolute atomic E-state index is 12.8. The molecule has 3 aromatic rings. The van der Waals surface area contributed by atoms with Crippen molar-refractivity contribution >= 4 is 22.5 Å². The van der Waals surface area contributed by atoms with Crippen molar-refractivity contribution in [3.63, 3.8) is 0 Å². The lowest BCUT2D eigenvalue weighted by Gasteiger charge is -2.32. The van der Waals surface area contributed by atoms with Crippen LogP contribution in [0.2, 0.25) is 0 Å². The summed E-state index contributed by atoms with van der Waals surface area (Å²) in [5.41, 5.74) is 1.63. The van der Waals surface area contributed by atoms with Crippen LogP contribution in [0.1, 0.15) is 12.8 Å². The van der Waals surface area contributed by atoms with Crippen molar-refractivity contribution in [2.45, 2.75) is 19.0 Å². The van der Waals surface area contributed by atoms with Gasteiger partial charge in [0.05, 0.1) is 24.4 Å². The van der Waals surface area contributed by atoms with Crippen molar-refractivity contribution in [1.29, 1.82) is 0 Å². The van der Waals surface area contributed by atoms with Crippen LogP contribution < -0.4 is 5.32 Å². The highest BCUT2D eigenvalue weighted by atomic mass is 19.4. The number of amides is 1. The SMILES string of the molecule is Cn1cc(-c2cc3cc(NC(=O)CN4CCC(C(F)(F)F)CC4)ncc3cn2)cn1. The molecular weight excluding hydrogens is 397 g/mol. The summed E-state index contributed by atoms with van der Waals surface area (Å²) in [5, 5.41) is 8.57. The van der Waals surface area contributed by atoms with E-state index in [4.69, 9.17) is 0 Å². The third-order valence-electron chi connectivity index (χ3n) is 5.29. The van der Waals surface area contributed by atoms with Crippen molar-refractivity contribution in [2.24, 2.45) is 13.0 Å². The Morgan fingerprint density at radius 3 is 2.53 bits per heavy atom. The molecule has 1 amide bonds. The molecule has 0 atom stereocenters. The van der Waals surface area contributed by atoms with Gasteiger partial charge in [-0.25, -0.2) is 4.98 Å². The molecule has 0 aromatic carbocycles. The van der Waals surface area contributed by atoms with Gasteiger partial charge in [0.15, 0.2) is 0 Å². The number of carbonyl (C=O) groups excluding carboxylic acids is 1. The second kappa shape index (κ2) is 8.02. The number of pyridine rings is 2. The standard InChI is InChI=1S/C20H21F3N6O/c1-28-11-15(10-26-28)17-6-13-7-18(25-9-14(13)8-24-17)27-19(30)12-29-4-2-16(3-5-29)20(21,22)23/h6-11,16H,2-5,12H2,1H3,(H,25,27,30). The van der Waals surface area contributed by atoms with Crippen LogP contribution in [0.4, 0.5) is 19.0 Å². The lowest BCUT2D eigenvalue weighted by molar-refractivity contribution is -0.184. The molecule has 0 aliphatic carbocycles. The molecule has 7 nitrogen and oxygen atoms in total. The summed E-state index contributed by atoms with van der Waals surface area (Å²) in [5.74, 6) is -1.18. The normalized spacial score (nSPS) is 16.1. The predicted molar refractivity (Wildman–Crippen MR) is 106 cm³/mol. The smallest absolute Gasteiger partial charge is 0.310 e. The van der Waals surface area contributed by atoms with Gasteiger partial charge >= 0.3 is 6.18 Å². The first-order valence-electron chi connectivity index (χ1n) is 9.62. The Morgan fingerprint density at radius 1 is 1.13 bits per heavy atom. The molecule has 1 aliphatic rings. The summed E-state index contributed by atoms with van der Waals surface area (Å²) in [7, 11) is 1.83. The van der Waals surface area contributed by atoms with Crippen molar-refractivity contribution in [2.75, 3.05) is 25.0 Å². The van der Waals surface area contributed by atoms with Gasteiger partial charge in [-0.3, -0.25) is 19.4 Å². The van der Waals surface area contributed by atoms with Gasteiger partial charge in [0.25, 0.3) is 0 Å². The first kappa shape index (κ1) is 20.3. The number of aromatic nitrogens is 4. The molecule has 1 aliphatic heterocycles. The molecule has 0 bridgehead atoms. The van der Waals surface area contributed by atoms with Gasteiger partial charge in [-0.05, 0) is 43.5 Å². The number of likely N-dealkylation sites (tertiary alicyclic amines) is 1. The second-order valence-corrected chi connectivity index (χ2v) is 7.53. The van der Waals surface area contributed by atoms with Crippen molar-refractivity contribution < 1.29 is 18.0 Å².